The number of amides is 5. The first kappa shape index (κ1) is 17.9. The number of rotatable bonds is 3. The van der Waals surface area contributed by atoms with E-state index in [1.807, 2.05) is 0 Å². The number of imide groups is 1. The van der Waals surface area contributed by atoms with Crippen LogP contribution in [0.2, 0.25) is 0 Å². The second-order valence-electron chi connectivity index (χ2n) is 6.89. The topological polar surface area (TPSA) is 98.8 Å². The molecule has 2 aliphatic rings. The summed E-state index contributed by atoms with van der Waals surface area (Å²) in [7, 11) is 0. The molecule has 8 heteroatoms. The number of nitrogens with one attached hydrogen (secondary N) is 2. The molecule has 2 aliphatic heterocycles. The Bertz CT molecular complexity index is 793. The zero-order chi connectivity index (χ0) is 19.1. The number of carbonyl (C=O) groups is 4. The molecule has 0 aromatic heterocycles. The minimum atomic E-state index is -0.989. The number of anilines is 2. The van der Waals surface area contributed by atoms with Gasteiger partial charge >= 0.3 is 6.03 Å². The summed E-state index contributed by atoms with van der Waals surface area (Å²) < 4.78 is 0. The molecule has 2 heterocycles. The van der Waals surface area contributed by atoms with Gasteiger partial charge in [0.25, 0.3) is 5.91 Å². The van der Waals surface area contributed by atoms with Crippen LogP contribution in [-0.2, 0) is 14.4 Å². The van der Waals surface area contributed by atoms with Gasteiger partial charge in [0.2, 0.25) is 11.8 Å². The minimum absolute atomic E-state index is 0.132. The van der Waals surface area contributed by atoms with E-state index in [0.29, 0.717) is 17.8 Å². The monoisotopic (exact) mass is 358 g/mol. The molecule has 1 fully saturated rings. The highest BCUT2D eigenvalue weighted by Gasteiger charge is 2.47. The van der Waals surface area contributed by atoms with Crippen molar-refractivity contribution in [3.05, 3.63) is 24.3 Å². The lowest BCUT2D eigenvalue weighted by atomic mass is 9.99. The lowest BCUT2D eigenvalue weighted by molar-refractivity contribution is -0.134. The van der Waals surface area contributed by atoms with E-state index in [1.54, 1.807) is 45.0 Å². The molecule has 5 amide bonds. The molecule has 2 atom stereocenters. The van der Waals surface area contributed by atoms with Gasteiger partial charge in [0, 0.05) is 12.5 Å². The van der Waals surface area contributed by atoms with Crippen LogP contribution in [-0.4, -0.2) is 46.8 Å². The van der Waals surface area contributed by atoms with Crippen molar-refractivity contribution < 1.29 is 19.2 Å². The number of benzene rings is 1. The maximum absolute atomic E-state index is 13.0. The molecule has 2 N–H and O–H groups in total. The highest BCUT2D eigenvalue weighted by atomic mass is 16.2. The van der Waals surface area contributed by atoms with Crippen molar-refractivity contribution in [1.29, 1.82) is 0 Å². The first-order valence-electron chi connectivity index (χ1n) is 8.62. The van der Waals surface area contributed by atoms with E-state index >= 15 is 0 Å². The number of para-hydroxylation sites is 2. The second kappa shape index (κ2) is 6.44. The molecule has 1 saturated heterocycles. The molecule has 0 bridgehead atoms. The van der Waals surface area contributed by atoms with Crippen LogP contribution in [0.3, 0.4) is 0 Å². The average Bonchev–Trinajstić information content (AvgIpc) is 2.73. The molecule has 138 valence electrons. The van der Waals surface area contributed by atoms with Crippen LogP contribution >= 0.6 is 0 Å². The molecular formula is C18H22N4O4. The lowest BCUT2D eigenvalue weighted by Gasteiger charge is -2.29. The molecule has 1 aromatic rings. The first-order chi connectivity index (χ1) is 12.3. The zero-order valence-corrected chi connectivity index (χ0v) is 15.0. The highest BCUT2D eigenvalue weighted by molar-refractivity contribution is 6.11. The van der Waals surface area contributed by atoms with Crippen molar-refractivity contribution in [3.63, 3.8) is 0 Å². The van der Waals surface area contributed by atoms with Crippen molar-refractivity contribution in [3.8, 4) is 0 Å². The van der Waals surface area contributed by atoms with Crippen LogP contribution in [0.15, 0.2) is 24.3 Å². The van der Waals surface area contributed by atoms with Gasteiger partial charge in [0.05, 0.1) is 11.4 Å². The Labute approximate surface area is 151 Å². The van der Waals surface area contributed by atoms with E-state index in [0.717, 1.165) is 4.90 Å². The fourth-order valence-electron chi connectivity index (χ4n) is 3.31. The van der Waals surface area contributed by atoms with E-state index < -0.39 is 29.4 Å². The molecule has 0 aliphatic carbocycles. The molecular weight excluding hydrogens is 336 g/mol. The van der Waals surface area contributed by atoms with Gasteiger partial charge < -0.3 is 15.5 Å². The van der Waals surface area contributed by atoms with Gasteiger partial charge in [-0.3, -0.25) is 19.3 Å². The van der Waals surface area contributed by atoms with Crippen LogP contribution in [0.4, 0.5) is 16.2 Å². The molecule has 0 spiro atoms. The normalized spacial score (nSPS) is 25.5. The van der Waals surface area contributed by atoms with Gasteiger partial charge in [0.1, 0.15) is 12.1 Å². The van der Waals surface area contributed by atoms with Gasteiger partial charge in [-0.1, -0.05) is 19.1 Å². The van der Waals surface area contributed by atoms with Gasteiger partial charge in [-0.2, -0.15) is 0 Å². The molecule has 26 heavy (non-hydrogen) atoms. The predicted octanol–water partition coefficient (Wildman–Crippen LogP) is 1.47. The van der Waals surface area contributed by atoms with Crippen LogP contribution in [0, 0.1) is 0 Å². The summed E-state index contributed by atoms with van der Waals surface area (Å²) in [6, 6.07) is 6.01. The third-order valence-electron chi connectivity index (χ3n) is 4.97. The van der Waals surface area contributed by atoms with E-state index in [4.69, 9.17) is 0 Å². The molecule has 1 aromatic carbocycles. The smallest absolute Gasteiger partial charge is 0.324 e. The number of hydrogen-bond donors (Lipinski definition) is 2. The van der Waals surface area contributed by atoms with Crippen molar-refractivity contribution >= 4 is 35.1 Å². The summed E-state index contributed by atoms with van der Waals surface area (Å²) in [4.78, 5) is 52.2. The Balaban J connectivity index is 1.89. The zero-order valence-electron chi connectivity index (χ0n) is 15.0. The first-order valence-corrected chi connectivity index (χ1v) is 8.62. The van der Waals surface area contributed by atoms with E-state index in [2.05, 4.69) is 10.6 Å². The Morgan fingerprint density at radius 2 is 1.96 bits per heavy atom. The number of hydrogen-bond acceptors (Lipinski definition) is 4. The standard InChI is InChI=1S/C18H22N4O4/c1-4-18(3)16(25)21(17(26)20-18)10-15(24)22-11(2)9-14(23)19-12-7-5-6-8-13(12)22/h5-8,11H,4,9-10H2,1-3H3,(H,19,23)(H,20,26). The van der Waals surface area contributed by atoms with Gasteiger partial charge in [-0.15, -0.1) is 0 Å². The van der Waals surface area contributed by atoms with Gasteiger partial charge in [0.15, 0.2) is 0 Å². The Morgan fingerprint density at radius 1 is 1.27 bits per heavy atom. The Morgan fingerprint density at radius 3 is 2.62 bits per heavy atom. The largest absolute Gasteiger partial charge is 0.325 e. The number of nitrogens with zero attached hydrogens (tertiary/aromatic N) is 2. The summed E-state index contributed by atoms with van der Waals surface area (Å²) in [5.74, 6) is -1.01. The third kappa shape index (κ3) is 2.91. The van der Waals surface area contributed by atoms with Gasteiger partial charge in [-0.05, 0) is 32.4 Å². The van der Waals surface area contributed by atoms with Crippen molar-refractivity contribution in [2.45, 2.75) is 45.2 Å². The van der Waals surface area contributed by atoms with Crippen molar-refractivity contribution in [2.75, 3.05) is 16.8 Å². The van der Waals surface area contributed by atoms with Crippen LogP contribution in [0.5, 0.6) is 0 Å². The summed E-state index contributed by atoms with van der Waals surface area (Å²) in [5.41, 5.74) is 0.101. The molecule has 0 saturated carbocycles. The highest BCUT2D eigenvalue weighted by Crippen LogP contribution is 2.31. The number of fused-ring (bicyclic) bond motifs is 1. The summed E-state index contributed by atoms with van der Waals surface area (Å²) in [6.45, 7) is 4.84. The van der Waals surface area contributed by atoms with Crippen LogP contribution in [0.1, 0.15) is 33.6 Å². The maximum atomic E-state index is 13.0. The summed E-state index contributed by atoms with van der Waals surface area (Å²) in [6.07, 6.45) is 0.566. The molecule has 0 radical (unpaired) electrons. The number of carbonyl (C=O) groups excluding carboxylic acids is 4. The Kier molecular flexibility index (Phi) is 4.43. The van der Waals surface area contributed by atoms with Crippen molar-refractivity contribution in [2.24, 2.45) is 0 Å². The van der Waals surface area contributed by atoms with E-state index in [9.17, 15) is 19.2 Å². The SMILES string of the molecule is CCC1(C)NC(=O)N(CC(=O)N2c3ccccc3NC(=O)CC2C)C1=O. The van der Waals surface area contributed by atoms with Crippen LogP contribution < -0.4 is 15.5 Å². The molecule has 3 rings (SSSR count). The maximum Gasteiger partial charge on any atom is 0.325 e. The minimum Gasteiger partial charge on any atom is -0.324 e. The van der Waals surface area contributed by atoms with Crippen molar-refractivity contribution in [1.82, 2.24) is 10.2 Å². The predicted molar refractivity (Wildman–Crippen MR) is 95.6 cm³/mol. The lowest BCUT2D eigenvalue weighted by Crippen LogP contribution is -2.48. The van der Waals surface area contributed by atoms with Crippen LogP contribution in [0.25, 0.3) is 0 Å². The summed E-state index contributed by atoms with van der Waals surface area (Å²) >= 11 is 0. The molecule has 8 nitrogen and oxygen atoms in total. The van der Waals surface area contributed by atoms with Gasteiger partial charge in [-0.25, -0.2) is 4.79 Å². The average molecular weight is 358 g/mol. The number of urea groups is 1. The van der Waals surface area contributed by atoms with E-state index in [-0.39, 0.29) is 18.9 Å². The second-order valence-corrected chi connectivity index (χ2v) is 6.89. The fourth-order valence-corrected chi connectivity index (χ4v) is 3.31. The fraction of sp³-hybridized carbons (Fsp3) is 0.444. The summed E-state index contributed by atoms with van der Waals surface area (Å²) in [5, 5.41) is 5.42. The Hall–Kier alpha value is -2.90. The molecule has 2 unspecified atom stereocenters. The third-order valence-corrected chi connectivity index (χ3v) is 4.97. The van der Waals surface area contributed by atoms with E-state index in [1.165, 1.54) is 4.90 Å². The quantitative estimate of drug-likeness (QED) is 0.799.